The van der Waals surface area contributed by atoms with Crippen LogP contribution in [0.1, 0.15) is 76.2 Å². The Hall–Kier alpha value is -2.50. The van der Waals surface area contributed by atoms with Crippen molar-refractivity contribution in [2.45, 2.75) is 66.7 Å². The van der Waals surface area contributed by atoms with E-state index >= 15 is 0 Å². The smallest absolute Gasteiger partial charge is 0.341 e. The third-order valence-corrected chi connectivity index (χ3v) is 7.68. The van der Waals surface area contributed by atoms with Crippen LogP contribution in [0.25, 0.3) is 0 Å². The van der Waals surface area contributed by atoms with Gasteiger partial charge in [-0.25, -0.2) is 4.79 Å². The Bertz CT molecular complexity index is 928. The molecule has 6 nitrogen and oxygen atoms in total. The van der Waals surface area contributed by atoms with Crippen molar-refractivity contribution in [2.75, 3.05) is 7.11 Å². The number of allylic oxidation sites excluding steroid dienone is 2. The largest absolute Gasteiger partial charge is 0.504 e. The number of fused-ring (bicyclic) bond motifs is 1. The first-order valence-electron chi connectivity index (χ1n) is 10.9. The summed E-state index contributed by atoms with van der Waals surface area (Å²) in [5.74, 6) is -2.07. The Morgan fingerprint density at radius 2 is 1.84 bits per heavy atom. The molecule has 3 atom stereocenters. The Labute approximate surface area is 184 Å². The average molecular weight is 431 g/mol. The van der Waals surface area contributed by atoms with Crippen LogP contribution in [0.15, 0.2) is 17.7 Å². The predicted molar refractivity (Wildman–Crippen MR) is 117 cm³/mol. The fraction of sp³-hybridized carbons (Fsp3) is 0.600. The van der Waals surface area contributed by atoms with Crippen molar-refractivity contribution < 1.29 is 29.3 Å². The van der Waals surface area contributed by atoms with E-state index in [1.54, 1.807) is 0 Å². The van der Waals surface area contributed by atoms with Crippen LogP contribution < -0.4 is 4.74 Å². The van der Waals surface area contributed by atoms with Gasteiger partial charge >= 0.3 is 11.9 Å². The van der Waals surface area contributed by atoms with Crippen molar-refractivity contribution in [1.29, 1.82) is 0 Å². The molecule has 31 heavy (non-hydrogen) atoms. The van der Waals surface area contributed by atoms with E-state index in [1.165, 1.54) is 32.1 Å². The summed E-state index contributed by atoms with van der Waals surface area (Å²) < 4.78 is 10.1. The minimum atomic E-state index is -0.762. The van der Waals surface area contributed by atoms with Crippen LogP contribution in [-0.2, 0) is 16.0 Å². The minimum Gasteiger partial charge on any atom is -0.504 e. The third-order valence-electron chi connectivity index (χ3n) is 7.68. The molecular weight excluding hydrogens is 396 g/mol. The van der Waals surface area contributed by atoms with Gasteiger partial charge < -0.3 is 19.7 Å². The molecule has 0 saturated heterocycles. The second-order valence-corrected chi connectivity index (χ2v) is 10.0. The number of phenols is 2. The van der Waals surface area contributed by atoms with Crippen LogP contribution in [0.4, 0.5) is 0 Å². The lowest BCUT2D eigenvalue weighted by Gasteiger charge is -2.57. The molecule has 6 heteroatoms. The lowest BCUT2D eigenvalue weighted by molar-refractivity contribution is -0.132. The Morgan fingerprint density at radius 1 is 1.16 bits per heavy atom. The van der Waals surface area contributed by atoms with Crippen LogP contribution in [0.2, 0.25) is 0 Å². The number of rotatable bonds is 4. The van der Waals surface area contributed by atoms with E-state index in [0.717, 1.165) is 19.3 Å². The van der Waals surface area contributed by atoms with Crippen LogP contribution in [0, 0.1) is 22.7 Å². The monoisotopic (exact) mass is 430 g/mol. The molecule has 1 aromatic carbocycles. The zero-order chi connectivity index (χ0) is 23.1. The molecule has 0 radical (unpaired) electrons. The van der Waals surface area contributed by atoms with Gasteiger partial charge in [0.2, 0.25) is 5.75 Å². The van der Waals surface area contributed by atoms with E-state index in [0.29, 0.717) is 17.9 Å². The second-order valence-electron chi connectivity index (χ2n) is 10.0. The van der Waals surface area contributed by atoms with Crippen molar-refractivity contribution >= 4 is 11.9 Å². The van der Waals surface area contributed by atoms with E-state index in [4.69, 9.17) is 9.47 Å². The average Bonchev–Trinajstić information content (AvgIpc) is 2.68. The fourth-order valence-electron chi connectivity index (χ4n) is 6.12. The van der Waals surface area contributed by atoms with Gasteiger partial charge in [0.15, 0.2) is 11.5 Å². The van der Waals surface area contributed by atoms with E-state index in [2.05, 4.69) is 33.8 Å². The molecule has 0 heterocycles. The third kappa shape index (κ3) is 4.04. The number of phenolic OH excluding ortho intramolecular Hbond substituents is 2. The van der Waals surface area contributed by atoms with Gasteiger partial charge in [0.1, 0.15) is 5.56 Å². The first kappa shape index (κ1) is 23.2. The molecule has 0 unspecified atom stereocenters. The van der Waals surface area contributed by atoms with Gasteiger partial charge in [-0.3, -0.25) is 4.79 Å². The van der Waals surface area contributed by atoms with Crippen molar-refractivity contribution in [3.8, 4) is 17.2 Å². The summed E-state index contributed by atoms with van der Waals surface area (Å²) >= 11 is 0. The zero-order valence-electron chi connectivity index (χ0n) is 19.4. The molecule has 0 bridgehead atoms. The quantitative estimate of drug-likeness (QED) is 0.297. The van der Waals surface area contributed by atoms with Gasteiger partial charge in [0, 0.05) is 12.5 Å². The fourth-order valence-corrected chi connectivity index (χ4v) is 6.12. The molecule has 0 aliphatic heterocycles. The molecule has 1 aromatic rings. The zero-order valence-corrected chi connectivity index (χ0v) is 19.4. The molecular formula is C25H34O6. The number of hydrogen-bond acceptors (Lipinski definition) is 6. The lowest BCUT2D eigenvalue weighted by Crippen LogP contribution is -2.49. The highest BCUT2D eigenvalue weighted by atomic mass is 16.5. The van der Waals surface area contributed by atoms with E-state index in [9.17, 15) is 19.8 Å². The van der Waals surface area contributed by atoms with Crippen LogP contribution >= 0.6 is 0 Å². The number of carbonyl (C=O) groups excluding carboxylic acids is 2. The number of benzene rings is 1. The normalized spacial score (nSPS) is 27.1. The Balaban J connectivity index is 2.12. The maximum absolute atomic E-state index is 12.2. The SMILES string of the molecule is COC(=O)c1cc(C[C@H]2C(C)=CC[C@H]3C(C)(C)CCC[C@]23C)c(OC(C)=O)c(O)c1O. The number of methoxy groups -OCH3 is 1. The molecule has 1 saturated carbocycles. The number of ether oxygens (including phenoxy) is 2. The lowest BCUT2D eigenvalue weighted by atomic mass is 9.48. The molecule has 2 aliphatic rings. The van der Waals surface area contributed by atoms with Gasteiger partial charge in [-0.2, -0.15) is 0 Å². The van der Waals surface area contributed by atoms with Crippen LogP contribution in [-0.4, -0.2) is 29.3 Å². The first-order valence-corrected chi connectivity index (χ1v) is 10.9. The molecule has 3 rings (SSSR count). The molecule has 0 aromatic heterocycles. The van der Waals surface area contributed by atoms with E-state index < -0.39 is 23.4 Å². The molecule has 2 N–H and O–H groups in total. The summed E-state index contributed by atoms with van der Waals surface area (Å²) in [7, 11) is 1.21. The summed E-state index contributed by atoms with van der Waals surface area (Å²) in [4.78, 5) is 23.9. The molecule has 0 spiro atoms. The highest BCUT2D eigenvalue weighted by Gasteiger charge is 2.51. The van der Waals surface area contributed by atoms with Crippen molar-refractivity contribution in [2.24, 2.45) is 22.7 Å². The topological polar surface area (TPSA) is 93.1 Å². The van der Waals surface area contributed by atoms with E-state index in [-0.39, 0.29) is 28.1 Å². The number of carbonyl (C=O) groups is 2. The summed E-state index contributed by atoms with van der Waals surface area (Å²) in [5.41, 5.74) is 1.88. The molecule has 170 valence electrons. The molecule has 0 amide bonds. The van der Waals surface area contributed by atoms with E-state index in [1.807, 2.05) is 0 Å². The van der Waals surface area contributed by atoms with Crippen LogP contribution in [0.5, 0.6) is 17.2 Å². The van der Waals surface area contributed by atoms with Gasteiger partial charge in [-0.15, -0.1) is 0 Å². The predicted octanol–water partition coefficient (Wildman–Crippen LogP) is 5.15. The second kappa shape index (κ2) is 8.21. The number of esters is 2. The standard InChI is InChI=1S/C25H34O6/c1-14-8-9-19-24(3,4)10-7-11-25(19,5)18(14)13-16-12-17(23(29)30-6)20(27)21(28)22(16)31-15(2)26/h8,12,18-19,27-28H,7,9-11,13H2,1-6H3/t18-,19-,25+/m0/s1. The van der Waals surface area contributed by atoms with Gasteiger partial charge in [-0.05, 0) is 61.3 Å². The summed E-state index contributed by atoms with van der Waals surface area (Å²) in [6.07, 6.45) is 7.25. The van der Waals surface area contributed by atoms with Crippen molar-refractivity contribution in [3.05, 3.63) is 28.8 Å². The number of aromatic hydroxyl groups is 2. The highest BCUT2D eigenvalue weighted by Crippen LogP contribution is 2.60. The molecule has 1 fully saturated rings. The van der Waals surface area contributed by atoms with Gasteiger partial charge in [-0.1, -0.05) is 38.8 Å². The molecule has 2 aliphatic carbocycles. The highest BCUT2D eigenvalue weighted by molar-refractivity contribution is 5.94. The maximum atomic E-state index is 12.2. The minimum absolute atomic E-state index is 0.0347. The summed E-state index contributed by atoms with van der Waals surface area (Å²) in [5, 5.41) is 20.9. The Kier molecular flexibility index (Phi) is 6.14. The van der Waals surface area contributed by atoms with Crippen LogP contribution in [0.3, 0.4) is 0 Å². The summed E-state index contributed by atoms with van der Waals surface area (Å²) in [6, 6.07) is 1.48. The number of hydrogen-bond donors (Lipinski definition) is 2. The van der Waals surface area contributed by atoms with Gasteiger partial charge in [0.25, 0.3) is 0 Å². The van der Waals surface area contributed by atoms with Crippen molar-refractivity contribution in [3.63, 3.8) is 0 Å². The summed E-state index contributed by atoms with van der Waals surface area (Å²) in [6.45, 7) is 10.4. The Morgan fingerprint density at radius 3 is 2.45 bits per heavy atom. The van der Waals surface area contributed by atoms with Gasteiger partial charge in [0.05, 0.1) is 7.11 Å². The first-order chi connectivity index (χ1) is 14.4. The van der Waals surface area contributed by atoms with Crippen molar-refractivity contribution in [1.82, 2.24) is 0 Å². The maximum Gasteiger partial charge on any atom is 0.341 e.